The number of ether oxygens (including phenoxy) is 1. The van der Waals surface area contributed by atoms with Crippen LogP contribution in [0.4, 0.5) is 17.2 Å². The fourth-order valence-corrected chi connectivity index (χ4v) is 4.00. The van der Waals surface area contributed by atoms with Crippen LogP contribution < -0.4 is 15.0 Å². The number of rotatable bonds is 6. The molecule has 0 saturated carbocycles. The van der Waals surface area contributed by atoms with Crippen LogP contribution in [0.3, 0.4) is 0 Å². The van der Waals surface area contributed by atoms with Gasteiger partial charge in [0.25, 0.3) is 0 Å². The van der Waals surface area contributed by atoms with Gasteiger partial charge in [0, 0.05) is 60.9 Å². The second kappa shape index (κ2) is 8.70. The molecular weight excluding hydrogens is 386 g/mol. The number of aromatic amines is 1. The molecule has 2 aromatic carbocycles. The van der Waals surface area contributed by atoms with Gasteiger partial charge in [0.2, 0.25) is 0 Å². The second-order valence-corrected chi connectivity index (χ2v) is 7.77. The standard InChI is InChI=1S/C25H27N5O/c1-2-29-14-16-30(17-15-29)21-7-5-20(6-8-21)28-25-24(4-3-12-27-25)31-22-9-10-23-19(18-22)11-13-26-23/h3-13,18,26H,2,14-17H2,1H3,(H,27,28). The van der Waals surface area contributed by atoms with Crippen molar-refractivity contribution in [1.82, 2.24) is 14.9 Å². The monoisotopic (exact) mass is 413 g/mol. The van der Waals surface area contributed by atoms with Crippen LogP contribution in [0.5, 0.6) is 11.5 Å². The molecule has 6 nitrogen and oxygen atoms in total. The van der Waals surface area contributed by atoms with E-state index in [4.69, 9.17) is 4.74 Å². The van der Waals surface area contributed by atoms with E-state index >= 15 is 0 Å². The number of hydrogen-bond donors (Lipinski definition) is 2. The summed E-state index contributed by atoms with van der Waals surface area (Å²) in [6.07, 6.45) is 3.70. The highest BCUT2D eigenvalue weighted by Crippen LogP contribution is 2.31. The molecule has 158 valence electrons. The minimum Gasteiger partial charge on any atom is -0.453 e. The normalized spacial score (nSPS) is 14.7. The molecule has 0 spiro atoms. The van der Waals surface area contributed by atoms with Gasteiger partial charge in [-0.3, -0.25) is 0 Å². The second-order valence-electron chi connectivity index (χ2n) is 7.77. The van der Waals surface area contributed by atoms with Crippen molar-refractivity contribution >= 4 is 28.1 Å². The number of piperazine rings is 1. The molecule has 0 bridgehead atoms. The summed E-state index contributed by atoms with van der Waals surface area (Å²) in [4.78, 5) is 12.6. The molecule has 3 heterocycles. The van der Waals surface area contributed by atoms with Crippen molar-refractivity contribution in [3.63, 3.8) is 0 Å². The van der Waals surface area contributed by atoms with Crippen LogP contribution in [-0.2, 0) is 0 Å². The van der Waals surface area contributed by atoms with Crippen LogP contribution in [0, 0.1) is 0 Å². The number of nitrogens with zero attached hydrogens (tertiary/aromatic N) is 3. The average molecular weight is 414 g/mol. The zero-order chi connectivity index (χ0) is 21.0. The molecular formula is C25H27N5O. The van der Waals surface area contributed by atoms with E-state index in [1.807, 2.05) is 42.6 Å². The van der Waals surface area contributed by atoms with Crippen molar-refractivity contribution in [1.29, 1.82) is 0 Å². The van der Waals surface area contributed by atoms with Crippen molar-refractivity contribution < 1.29 is 4.74 Å². The van der Waals surface area contributed by atoms with Crippen molar-refractivity contribution in [3.8, 4) is 11.5 Å². The van der Waals surface area contributed by atoms with E-state index in [0.717, 1.165) is 55.1 Å². The minimum absolute atomic E-state index is 0.692. The molecule has 1 saturated heterocycles. The number of pyridine rings is 1. The maximum Gasteiger partial charge on any atom is 0.173 e. The molecule has 0 amide bonds. The smallest absolute Gasteiger partial charge is 0.173 e. The average Bonchev–Trinajstić information content (AvgIpc) is 3.29. The lowest BCUT2D eigenvalue weighted by Gasteiger charge is -2.35. The topological polar surface area (TPSA) is 56.4 Å². The first-order chi connectivity index (χ1) is 15.3. The molecule has 0 radical (unpaired) electrons. The molecule has 4 aromatic rings. The first-order valence-corrected chi connectivity index (χ1v) is 10.8. The summed E-state index contributed by atoms with van der Waals surface area (Å²) in [5.74, 6) is 2.17. The Balaban J connectivity index is 1.29. The Bertz CT molecular complexity index is 1150. The Morgan fingerprint density at radius 2 is 1.84 bits per heavy atom. The fourth-order valence-electron chi connectivity index (χ4n) is 4.00. The molecule has 1 aliphatic heterocycles. The molecule has 2 aromatic heterocycles. The predicted molar refractivity (Wildman–Crippen MR) is 127 cm³/mol. The lowest BCUT2D eigenvalue weighted by molar-refractivity contribution is 0.271. The fraction of sp³-hybridized carbons (Fsp3) is 0.240. The molecule has 2 N–H and O–H groups in total. The summed E-state index contributed by atoms with van der Waals surface area (Å²) in [6.45, 7) is 7.75. The maximum absolute atomic E-state index is 6.15. The zero-order valence-corrected chi connectivity index (χ0v) is 17.7. The molecule has 1 aliphatic rings. The SMILES string of the molecule is CCN1CCN(c2ccc(Nc3ncccc3Oc3ccc4[nH]ccc4c3)cc2)CC1. The third-order valence-electron chi connectivity index (χ3n) is 5.84. The van der Waals surface area contributed by atoms with Crippen LogP contribution in [0.1, 0.15) is 6.92 Å². The summed E-state index contributed by atoms with van der Waals surface area (Å²) in [5.41, 5.74) is 3.34. The van der Waals surface area contributed by atoms with Gasteiger partial charge in [-0.1, -0.05) is 6.92 Å². The van der Waals surface area contributed by atoms with E-state index in [2.05, 4.69) is 56.3 Å². The van der Waals surface area contributed by atoms with Gasteiger partial charge in [0.15, 0.2) is 11.6 Å². The minimum atomic E-state index is 0.692. The Morgan fingerprint density at radius 3 is 2.65 bits per heavy atom. The van der Waals surface area contributed by atoms with Crippen LogP contribution in [0.2, 0.25) is 0 Å². The van der Waals surface area contributed by atoms with Crippen molar-refractivity contribution in [2.24, 2.45) is 0 Å². The largest absolute Gasteiger partial charge is 0.453 e. The van der Waals surface area contributed by atoms with E-state index in [1.54, 1.807) is 6.20 Å². The van der Waals surface area contributed by atoms with E-state index in [9.17, 15) is 0 Å². The lowest BCUT2D eigenvalue weighted by atomic mass is 10.2. The van der Waals surface area contributed by atoms with Gasteiger partial charge in [-0.05, 0) is 67.2 Å². The summed E-state index contributed by atoms with van der Waals surface area (Å²) in [7, 11) is 0. The van der Waals surface area contributed by atoms with Gasteiger partial charge >= 0.3 is 0 Å². The predicted octanol–water partition coefficient (Wildman–Crippen LogP) is 5.24. The number of aromatic nitrogens is 2. The molecule has 6 heteroatoms. The number of anilines is 3. The third kappa shape index (κ3) is 4.34. The van der Waals surface area contributed by atoms with E-state index in [1.165, 1.54) is 5.69 Å². The molecule has 31 heavy (non-hydrogen) atoms. The quantitative estimate of drug-likeness (QED) is 0.453. The zero-order valence-electron chi connectivity index (χ0n) is 17.7. The van der Waals surface area contributed by atoms with E-state index in [-0.39, 0.29) is 0 Å². The number of fused-ring (bicyclic) bond motifs is 1. The Morgan fingerprint density at radius 1 is 1.00 bits per heavy atom. The van der Waals surface area contributed by atoms with Crippen LogP contribution in [0.25, 0.3) is 10.9 Å². The number of benzene rings is 2. The Kier molecular flexibility index (Phi) is 5.46. The molecule has 0 aliphatic carbocycles. The van der Waals surface area contributed by atoms with Gasteiger partial charge in [-0.15, -0.1) is 0 Å². The summed E-state index contributed by atoms with van der Waals surface area (Å²) in [5, 5.41) is 4.52. The number of hydrogen-bond acceptors (Lipinski definition) is 5. The first kappa shape index (κ1) is 19.5. The first-order valence-electron chi connectivity index (χ1n) is 10.8. The van der Waals surface area contributed by atoms with Gasteiger partial charge in [0.1, 0.15) is 5.75 Å². The Hall–Kier alpha value is -3.51. The molecule has 0 unspecified atom stereocenters. The number of likely N-dealkylation sites (N-methyl/N-ethyl adjacent to an activating group) is 1. The van der Waals surface area contributed by atoms with E-state index < -0.39 is 0 Å². The number of nitrogens with one attached hydrogen (secondary N) is 2. The van der Waals surface area contributed by atoms with Gasteiger partial charge < -0.3 is 24.8 Å². The highest BCUT2D eigenvalue weighted by Gasteiger charge is 2.16. The summed E-state index contributed by atoms with van der Waals surface area (Å²) >= 11 is 0. The van der Waals surface area contributed by atoms with Crippen molar-refractivity contribution in [2.45, 2.75) is 6.92 Å². The maximum atomic E-state index is 6.15. The van der Waals surface area contributed by atoms with Gasteiger partial charge in [-0.25, -0.2) is 4.98 Å². The summed E-state index contributed by atoms with van der Waals surface area (Å²) in [6, 6.07) is 20.4. The molecule has 5 rings (SSSR count). The lowest BCUT2D eigenvalue weighted by Crippen LogP contribution is -2.46. The van der Waals surface area contributed by atoms with Crippen molar-refractivity contribution in [2.75, 3.05) is 42.9 Å². The van der Waals surface area contributed by atoms with E-state index in [0.29, 0.717) is 11.6 Å². The molecule has 1 fully saturated rings. The number of H-pyrrole nitrogens is 1. The Labute approximate surface area is 182 Å². The highest BCUT2D eigenvalue weighted by atomic mass is 16.5. The van der Waals surface area contributed by atoms with Crippen LogP contribution >= 0.6 is 0 Å². The highest BCUT2D eigenvalue weighted by molar-refractivity contribution is 5.81. The summed E-state index contributed by atoms with van der Waals surface area (Å²) < 4.78 is 6.15. The van der Waals surface area contributed by atoms with Crippen molar-refractivity contribution in [3.05, 3.63) is 73.1 Å². The van der Waals surface area contributed by atoms with Crippen LogP contribution in [0.15, 0.2) is 73.1 Å². The molecule has 0 atom stereocenters. The van der Waals surface area contributed by atoms with Gasteiger partial charge in [0.05, 0.1) is 0 Å². The van der Waals surface area contributed by atoms with Gasteiger partial charge in [-0.2, -0.15) is 0 Å². The van der Waals surface area contributed by atoms with Crippen LogP contribution in [-0.4, -0.2) is 47.6 Å². The third-order valence-corrected chi connectivity index (χ3v) is 5.84.